The summed E-state index contributed by atoms with van der Waals surface area (Å²) in [7, 11) is 0. The summed E-state index contributed by atoms with van der Waals surface area (Å²) in [6.45, 7) is 13.9. The Morgan fingerprint density at radius 2 is 1.96 bits per heavy atom. The van der Waals surface area contributed by atoms with Crippen LogP contribution in [-0.2, 0) is 28.6 Å². The van der Waals surface area contributed by atoms with Crippen molar-refractivity contribution in [3.63, 3.8) is 0 Å². The lowest BCUT2D eigenvalue weighted by atomic mass is 9.82. The van der Waals surface area contributed by atoms with Crippen molar-refractivity contribution in [2.75, 3.05) is 6.61 Å². The maximum Gasteiger partial charge on any atom is 0.334 e. The zero-order chi connectivity index (χ0) is 21.0. The molecule has 1 fully saturated rings. The van der Waals surface area contributed by atoms with Gasteiger partial charge in [-0.1, -0.05) is 25.8 Å². The number of ether oxygens (including phenoxy) is 3. The van der Waals surface area contributed by atoms with Gasteiger partial charge in [-0.2, -0.15) is 0 Å². The molecule has 28 heavy (non-hydrogen) atoms. The number of carbonyl (C=O) groups is 3. The van der Waals surface area contributed by atoms with Crippen LogP contribution in [0.3, 0.4) is 0 Å². The molecule has 0 aromatic carbocycles. The average molecular weight is 390 g/mol. The van der Waals surface area contributed by atoms with Crippen molar-refractivity contribution < 1.29 is 33.7 Å². The predicted molar refractivity (Wildman–Crippen MR) is 101 cm³/mol. The molecular weight excluding hydrogens is 364 g/mol. The van der Waals surface area contributed by atoms with Crippen LogP contribution in [0.4, 0.5) is 0 Å². The Kier molecular flexibility index (Phi) is 6.96. The van der Waals surface area contributed by atoms with Crippen LogP contribution in [0.1, 0.15) is 33.1 Å². The molecule has 2 aliphatic rings. The Bertz CT molecular complexity index is 746. The first-order chi connectivity index (χ1) is 13.1. The van der Waals surface area contributed by atoms with Crippen LogP contribution in [-0.4, -0.2) is 47.9 Å². The van der Waals surface area contributed by atoms with Gasteiger partial charge in [-0.3, -0.25) is 4.79 Å². The molecule has 1 aliphatic carbocycles. The standard InChI is InChI=1S/C21H26O7/c1-11(2)20(24)27-16-9-15(10-22)8-6-7-12(3)18(26-14(5)23)19-17(16)13(4)21(25)28-19/h8,16-19,22H,1,3-4,6-7,9-10H2,2,5H3. The molecule has 4 atom stereocenters. The molecule has 2 rings (SSSR count). The van der Waals surface area contributed by atoms with Crippen molar-refractivity contribution in [1.29, 1.82) is 0 Å². The van der Waals surface area contributed by atoms with Crippen LogP contribution in [0.25, 0.3) is 0 Å². The number of aliphatic hydroxyl groups is 1. The number of allylic oxidation sites excluding steroid dienone is 1. The number of aliphatic hydroxyl groups excluding tert-OH is 1. The van der Waals surface area contributed by atoms with Gasteiger partial charge >= 0.3 is 17.9 Å². The normalized spacial score (nSPS) is 28.0. The molecule has 1 heterocycles. The van der Waals surface area contributed by atoms with Crippen LogP contribution < -0.4 is 0 Å². The van der Waals surface area contributed by atoms with Gasteiger partial charge in [0.25, 0.3) is 0 Å². The average Bonchev–Trinajstić information content (AvgIpc) is 2.91. The van der Waals surface area contributed by atoms with E-state index < -0.39 is 42.1 Å². The highest BCUT2D eigenvalue weighted by atomic mass is 16.6. The molecular formula is C21H26O7. The van der Waals surface area contributed by atoms with E-state index in [2.05, 4.69) is 19.7 Å². The number of fused-ring (bicyclic) bond motifs is 1. The van der Waals surface area contributed by atoms with E-state index in [1.54, 1.807) is 0 Å². The van der Waals surface area contributed by atoms with Crippen LogP contribution in [0.2, 0.25) is 0 Å². The van der Waals surface area contributed by atoms with E-state index in [-0.39, 0.29) is 24.2 Å². The van der Waals surface area contributed by atoms with E-state index in [1.165, 1.54) is 13.8 Å². The van der Waals surface area contributed by atoms with Crippen molar-refractivity contribution >= 4 is 17.9 Å². The van der Waals surface area contributed by atoms with Gasteiger partial charge in [0.05, 0.1) is 12.5 Å². The minimum atomic E-state index is -0.919. The summed E-state index contributed by atoms with van der Waals surface area (Å²) in [5.74, 6) is -2.58. The lowest BCUT2D eigenvalue weighted by molar-refractivity contribution is -0.162. The number of rotatable bonds is 4. The number of esters is 3. The van der Waals surface area contributed by atoms with Gasteiger partial charge in [0, 0.05) is 24.5 Å². The molecule has 0 bridgehead atoms. The molecule has 0 radical (unpaired) electrons. The lowest BCUT2D eigenvalue weighted by Crippen LogP contribution is -2.43. The van der Waals surface area contributed by atoms with E-state index in [1.807, 2.05) is 6.08 Å². The Hall–Kier alpha value is -2.67. The second-order valence-corrected chi connectivity index (χ2v) is 7.10. The summed E-state index contributed by atoms with van der Waals surface area (Å²) in [6, 6.07) is 0. The summed E-state index contributed by atoms with van der Waals surface area (Å²) in [6.07, 6.45) is 0.378. The summed E-state index contributed by atoms with van der Waals surface area (Å²) in [5.41, 5.74) is 1.53. The molecule has 7 nitrogen and oxygen atoms in total. The lowest BCUT2D eigenvalue weighted by Gasteiger charge is -2.33. The highest BCUT2D eigenvalue weighted by Gasteiger charge is 2.50. The largest absolute Gasteiger partial charge is 0.458 e. The predicted octanol–water partition coefficient (Wildman–Crippen LogP) is 2.16. The van der Waals surface area contributed by atoms with Crippen molar-refractivity contribution in [2.45, 2.75) is 51.4 Å². The van der Waals surface area contributed by atoms with E-state index in [4.69, 9.17) is 14.2 Å². The molecule has 1 saturated heterocycles. The van der Waals surface area contributed by atoms with Crippen molar-refractivity contribution in [3.05, 3.63) is 48.1 Å². The fourth-order valence-corrected chi connectivity index (χ4v) is 3.41. The van der Waals surface area contributed by atoms with Crippen molar-refractivity contribution in [3.8, 4) is 0 Å². The molecule has 0 aromatic heterocycles. The van der Waals surface area contributed by atoms with Crippen LogP contribution in [0, 0.1) is 5.92 Å². The van der Waals surface area contributed by atoms with Gasteiger partial charge in [0.15, 0.2) is 12.2 Å². The summed E-state index contributed by atoms with van der Waals surface area (Å²) in [4.78, 5) is 36.1. The van der Waals surface area contributed by atoms with Gasteiger partial charge in [0.2, 0.25) is 0 Å². The van der Waals surface area contributed by atoms with Gasteiger partial charge < -0.3 is 19.3 Å². The minimum absolute atomic E-state index is 0.118. The fraction of sp³-hybridized carbons (Fsp3) is 0.476. The molecule has 1 aliphatic heterocycles. The van der Waals surface area contributed by atoms with Crippen molar-refractivity contribution in [1.82, 2.24) is 0 Å². The van der Waals surface area contributed by atoms with E-state index >= 15 is 0 Å². The van der Waals surface area contributed by atoms with Gasteiger partial charge in [0.1, 0.15) is 6.10 Å². The molecule has 0 saturated carbocycles. The molecule has 0 spiro atoms. The maximum absolute atomic E-state index is 12.3. The smallest absolute Gasteiger partial charge is 0.334 e. The third-order valence-electron chi connectivity index (χ3n) is 4.83. The second-order valence-electron chi connectivity index (χ2n) is 7.10. The Morgan fingerprint density at radius 1 is 1.29 bits per heavy atom. The zero-order valence-corrected chi connectivity index (χ0v) is 16.2. The number of carbonyl (C=O) groups excluding carboxylic acids is 3. The monoisotopic (exact) mass is 390 g/mol. The number of hydrogen-bond acceptors (Lipinski definition) is 7. The topological polar surface area (TPSA) is 99.1 Å². The van der Waals surface area contributed by atoms with Crippen LogP contribution >= 0.6 is 0 Å². The molecule has 0 aromatic rings. The first-order valence-electron chi connectivity index (χ1n) is 9.05. The quantitative estimate of drug-likeness (QED) is 0.340. The Morgan fingerprint density at radius 3 is 2.54 bits per heavy atom. The summed E-state index contributed by atoms with van der Waals surface area (Å²) in [5, 5.41) is 9.69. The second kappa shape index (κ2) is 9.01. The minimum Gasteiger partial charge on any atom is -0.458 e. The van der Waals surface area contributed by atoms with E-state index in [0.717, 1.165) is 0 Å². The molecule has 1 N–H and O–H groups in total. The highest BCUT2D eigenvalue weighted by molar-refractivity contribution is 5.91. The molecule has 7 heteroatoms. The Labute approximate surface area is 164 Å². The molecule has 4 unspecified atom stereocenters. The highest BCUT2D eigenvalue weighted by Crippen LogP contribution is 2.39. The van der Waals surface area contributed by atoms with E-state index in [9.17, 15) is 19.5 Å². The first kappa shape index (κ1) is 21.6. The Balaban J connectivity index is 2.52. The van der Waals surface area contributed by atoms with Crippen LogP contribution in [0.5, 0.6) is 0 Å². The zero-order valence-electron chi connectivity index (χ0n) is 16.2. The van der Waals surface area contributed by atoms with Crippen LogP contribution in [0.15, 0.2) is 48.1 Å². The summed E-state index contributed by atoms with van der Waals surface area (Å²) < 4.78 is 16.5. The molecule has 152 valence electrons. The SMILES string of the molecule is C=C(C)C(=O)OC1CC(CO)=CCCC(=C)C(OC(C)=O)C2OC(=O)C(=C)C12. The van der Waals surface area contributed by atoms with Gasteiger partial charge in [-0.15, -0.1) is 0 Å². The maximum atomic E-state index is 12.3. The molecule has 0 amide bonds. The summed E-state index contributed by atoms with van der Waals surface area (Å²) >= 11 is 0. The van der Waals surface area contributed by atoms with Crippen molar-refractivity contribution in [2.24, 2.45) is 5.92 Å². The fourth-order valence-electron chi connectivity index (χ4n) is 3.41. The van der Waals surface area contributed by atoms with Gasteiger partial charge in [-0.25, -0.2) is 9.59 Å². The third-order valence-corrected chi connectivity index (χ3v) is 4.83. The third kappa shape index (κ3) is 4.78. The number of hydrogen-bond donors (Lipinski definition) is 1. The first-order valence-corrected chi connectivity index (χ1v) is 9.05. The van der Waals surface area contributed by atoms with Gasteiger partial charge in [-0.05, 0) is 30.9 Å². The van der Waals surface area contributed by atoms with E-state index in [0.29, 0.717) is 24.0 Å².